The number of carbonyl (C=O) groups excluding carboxylic acids is 2. The van der Waals surface area contributed by atoms with Crippen LogP contribution in [0.1, 0.15) is 89.9 Å². The number of nitrogens with one attached hydrogen (secondary N) is 2. The third kappa shape index (κ3) is 8.29. The molecule has 0 saturated carbocycles. The number of para-hydroxylation sites is 2. The van der Waals surface area contributed by atoms with Crippen molar-refractivity contribution >= 4 is 23.4 Å². The zero-order chi connectivity index (χ0) is 33.5. The van der Waals surface area contributed by atoms with E-state index >= 15 is 0 Å². The van der Waals surface area contributed by atoms with Crippen LogP contribution < -0.4 is 31.8 Å². The first-order valence-corrected chi connectivity index (χ1v) is 18.3. The van der Waals surface area contributed by atoms with Gasteiger partial charge in [-0.3, -0.25) is 0 Å². The number of anilines is 2. The van der Waals surface area contributed by atoms with Gasteiger partial charge in [0.2, 0.25) is 0 Å². The van der Waals surface area contributed by atoms with Crippen molar-refractivity contribution in [3.8, 4) is 0 Å². The second-order valence-corrected chi connectivity index (χ2v) is 16.1. The zero-order valence-electron chi connectivity index (χ0n) is 28.6. The zero-order valence-corrected chi connectivity index (χ0v) is 30.7. The topological polar surface area (TPSA) is 64.7 Å². The standard InChI is InChI=1S/C39H48IN4O2/c1-25(2)34-19-14-20-35(37(34)42-39(46)43(8)29(6)31-17-11-10-12-18-31)28(5)40-33-23-21-32(22-24-33)30(7)44(9)38(45)41-36-26(3)15-13-16-27(36)4/h10-25,28-30H,1-9H3,(H,41,45)(H,42,46)/q-1. The Morgan fingerprint density at radius 1 is 0.587 bits per heavy atom. The Bertz CT molecular complexity index is 1620. The summed E-state index contributed by atoms with van der Waals surface area (Å²) in [7, 11) is 3.69. The number of carbonyl (C=O) groups is 2. The number of halogens is 1. The van der Waals surface area contributed by atoms with Crippen LogP contribution in [-0.4, -0.2) is 36.0 Å². The number of rotatable bonds is 10. The average Bonchev–Trinajstić information content (AvgIpc) is 3.05. The average molecular weight is 732 g/mol. The quantitative estimate of drug-likeness (QED) is 0.138. The minimum absolute atomic E-state index is 0.0571. The Balaban J connectivity index is 1.47. The molecule has 3 unspecified atom stereocenters. The molecule has 0 heterocycles. The molecule has 4 amide bonds. The molecular formula is C39H48IN4O2-. The summed E-state index contributed by atoms with van der Waals surface area (Å²) in [6, 6.07) is 30.8. The van der Waals surface area contributed by atoms with E-state index in [0.717, 1.165) is 39.2 Å². The maximum atomic E-state index is 13.6. The Kier molecular flexibility index (Phi) is 11.9. The second-order valence-electron chi connectivity index (χ2n) is 12.4. The molecule has 0 spiro atoms. The first-order chi connectivity index (χ1) is 21.9. The van der Waals surface area contributed by atoms with Crippen LogP contribution in [0.25, 0.3) is 0 Å². The van der Waals surface area contributed by atoms with Crippen LogP contribution in [0.2, 0.25) is 0 Å². The van der Waals surface area contributed by atoms with E-state index in [9.17, 15) is 9.59 Å². The van der Waals surface area contributed by atoms with Crippen molar-refractivity contribution in [2.75, 3.05) is 24.7 Å². The van der Waals surface area contributed by atoms with Crippen LogP contribution in [-0.2, 0) is 0 Å². The second kappa shape index (κ2) is 15.6. The molecule has 4 aromatic carbocycles. The fraction of sp³-hybridized carbons (Fsp3) is 0.333. The van der Waals surface area contributed by atoms with Gasteiger partial charge < -0.3 is 0 Å². The monoisotopic (exact) mass is 731 g/mol. The number of aryl methyl sites for hydroxylation is 2. The first kappa shape index (κ1) is 35.0. The fourth-order valence-corrected chi connectivity index (χ4v) is 8.25. The first-order valence-electron chi connectivity index (χ1n) is 15.9. The molecule has 4 aromatic rings. The summed E-state index contributed by atoms with van der Waals surface area (Å²) in [5.74, 6) is 0.266. The van der Waals surface area contributed by atoms with Gasteiger partial charge in [0.15, 0.2) is 0 Å². The molecule has 0 bridgehead atoms. The third-order valence-corrected chi connectivity index (χ3v) is 11.9. The molecule has 0 aliphatic carbocycles. The van der Waals surface area contributed by atoms with Crippen molar-refractivity contribution in [3.63, 3.8) is 0 Å². The van der Waals surface area contributed by atoms with Crippen LogP contribution in [0.3, 0.4) is 0 Å². The van der Waals surface area contributed by atoms with Crippen LogP contribution in [0.4, 0.5) is 21.0 Å². The van der Waals surface area contributed by atoms with E-state index in [2.05, 4.69) is 99.8 Å². The normalized spacial score (nSPS) is 13.2. The Labute approximate surface area is 285 Å². The summed E-state index contributed by atoms with van der Waals surface area (Å²) >= 11 is -0.416. The molecule has 4 rings (SSSR count). The summed E-state index contributed by atoms with van der Waals surface area (Å²) in [5, 5.41) is 6.41. The van der Waals surface area contributed by atoms with Crippen molar-refractivity contribution in [3.05, 3.63) is 128 Å². The molecule has 3 atom stereocenters. The number of hydrogen-bond donors (Lipinski definition) is 2. The predicted molar refractivity (Wildman–Crippen MR) is 187 cm³/mol. The summed E-state index contributed by atoms with van der Waals surface area (Å²) in [6.07, 6.45) is 0. The van der Waals surface area contributed by atoms with Gasteiger partial charge in [0.25, 0.3) is 0 Å². The molecule has 7 heteroatoms. The number of benzene rings is 4. The number of amides is 4. The van der Waals surface area contributed by atoms with Gasteiger partial charge in [-0.15, -0.1) is 0 Å². The molecule has 0 saturated heterocycles. The van der Waals surface area contributed by atoms with Gasteiger partial charge in [-0.05, 0) is 0 Å². The molecule has 0 aromatic heterocycles. The third-order valence-electron chi connectivity index (χ3n) is 8.85. The van der Waals surface area contributed by atoms with Gasteiger partial charge in [0.05, 0.1) is 0 Å². The molecule has 2 N–H and O–H groups in total. The molecular weight excluding hydrogens is 683 g/mol. The molecule has 0 aliphatic rings. The Morgan fingerprint density at radius 3 is 1.61 bits per heavy atom. The van der Waals surface area contributed by atoms with E-state index < -0.39 is 21.2 Å². The van der Waals surface area contributed by atoms with Crippen LogP contribution in [0.5, 0.6) is 0 Å². The summed E-state index contributed by atoms with van der Waals surface area (Å²) in [4.78, 5) is 30.2. The van der Waals surface area contributed by atoms with E-state index in [1.165, 1.54) is 9.13 Å². The van der Waals surface area contributed by atoms with E-state index in [1.807, 2.05) is 64.3 Å². The summed E-state index contributed by atoms with van der Waals surface area (Å²) in [5.41, 5.74) is 8.41. The van der Waals surface area contributed by atoms with E-state index in [0.29, 0.717) is 0 Å². The molecule has 244 valence electrons. The van der Waals surface area contributed by atoms with Crippen molar-refractivity contribution in [1.29, 1.82) is 0 Å². The van der Waals surface area contributed by atoms with Crippen molar-refractivity contribution in [1.82, 2.24) is 9.80 Å². The van der Waals surface area contributed by atoms with E-state index in [1.54, 1.807) is 9.80 Å². The van der Waals surface area contributed by atoms with Gasteiger partial charge in [-0.1, -0.05) is 0 Å². The molecule has 0 radical (unpaired) electrons. The summed E-state index contributed by atoms with van der Waals surface area (Å²) in [6.45, 7) is 14.7. The van der Waals surface area contributed by atoms with E-state index in [-0.39, 0.29) is 34.0 Å². The van der Waals surface area contributed by atoms with Gasteiger partial charge in [-0.2, -0.15) is 0 Å². The molecule has 0 aliphatic heterocycles. The van der Waals surface area contributed by atoms with Crippen molar-refractivity contribution < 1.29 is 30.8 Å². The van der Waals surface area contributed by atoms with Crippen LogP contribution in [0.15, 0.2) is 91.0 Å². The summed E-state index contributed by atoms with van der Waals surface area (Å²) < 4.78 is 1.59. The predicted octanol–water partition coefficient (Wildman–Crippen LogP) is 6.90. The number of alkyl halides is 1. The van der Waals surface area contributed by atoms with Crippen LogP contribution >= 0.6 is 0 Å². The Hall–Kier alpha value is -3.85. The number of urea groups is 2. The molecule has 0 fully saturated rings. The molecule has 46 heavy (non-hydrogen) atoms. The Morgan fingerprint density at radius 2 is 1.07 bits per heavy atom. The SMILES string of the molecule is Cc1cccc(C)c1NC(=O)N(C)C(C)c1ccc([I-]C(C)c2cccc(C(C)C)c2NC(=O)N(C)C(C)c2ccccc2)cc1. The van der Waals surface area contributed by atoms with Crippen LogP contribution in [0, 0.1) is 17.4 Å². The maximum absolute atomic E-state index is 13.6. The van der Waals surface area contributed by atoms with E-state index in [4.69, 9.17) is 0 Å². The minimum atomic E-state index is -0.416. The molecule has 6 nitrogen and oxygen atoms in total. The van der Waals surface area contributed by atoms with Crippen molar-refractivity contribution in [2.24, 2.45) is 0 Å². The van der Waals surface area contributed by atoms with Gasteiger partial charge in [0, 0.05) is 0 Å². The van der Waals surface area contributed by atoms with Gasteiger partial charge >= 0.3 is 287 Å². The van der Waals surface area contributed by atoms with Gasteiger partial charge in [0.1, 0.15) is 0 Å². The number of hydrogen-bond acceptors (Lipinski definition) is 2. The fourth-order valence-electron chi connectivity index (χ4n) is 5.54. The van der Waals surface area contributed by atoms with Crippen molar-refractivity contribution in [2.45, 2.75) is 70.4 Å². The number of nitrogens with zero attached hydrogens (tertiary/aromatic N) is 2. The van der Waals surface area contributed by atoms with Gasteiger partial charge in [-0.25, -0.2) is 0 Å².